The molecule has 0 spiro atoms. The van der Waals surface area contributed by atoms with Crippen molar-refractivity contribution in [2.24, 2.45) is 51.2 Å². The summed E-state index contributed by atoms with van der Waals surface area (Å²) >= 11 is 0. The van der Waals surface area contributed by atoms with E-state index in [1.54, 1.807) is 6.92 Å². The van der Waals surface area contributed by atoms with Crippen molar-refractivity contribution in [1.82, 2.24) is 0 Å². The second kappa shape index (κ2) is 8.95. The molecule has 3 saturated carbocycles. The van der Waals surface area contributed by atoms with Crippen molar-refractivity contribution < 1.29 is 9.53 Å². The Labute approximate surface area is 211 Å². The van der Waals surface area contributed by atoms with Crippen LogP contribution in [-0.4, -0.2) is 12.1 Å². The third kappa shape index (κ3) is 3.92. The summed E-state index contributed by atoms with van der Waals surface area (Å²) in [6.45, 7) is 21.6. The second-order valence-electron chi connectivity index (χ2n) is 14.7. The molecule has 4 aliphatic carbocycles. The Morgan fingerprint density at radius 3 is 2.35 bits per heavy atom. The van der Waals surface area contributed by atoms with E-state index >= 15 is 0 Å². The average Bonchev–Trinajstić information content (AvgIpc) is 3.01. The summed E-state index contributed by atoms with van der Waals surface area (Å²) < 4.78 is 5.87. The second-order valence-corrected chi connectivity index (χ2v) is 14.7. The topological polar surface area (TPSA) is 26.3 Å². The lowest BCUT2D eigenvalue weighted by Gasteiger charge is -2.64. The molecule has 3 fully saturated rings. The molecule has 0 heterocycles. The molecule has 0 aromatic heterocycles. The fourth-order valence-corrected chi connectivity index (χ4v) is 10.1. The van der Waals surface area contributed by atoms with Gasteiger partial charge in [-0.3, -0.25) is 4.79 Å². The van der Waals surface area contributed by atoms with Gasteiger partial charge in [0.2, 0.25) is 0 Å². The van der Waals surface area contributed by atoms with Crippen molar-refractivity contribution in [1.29, 1.82) is 0 Å². The van der Waals surface area contributed by atoms with Crippen LogP contribution in [0.15, 0.2) is 11.6 Å². The molecule has 8 atom stereocenters. The fraction of sp³-hybridized carbons (Fsp3) is 0.906. The first-order valence-electron chi connectivity index (χ1n) is 14.6. The molecule has 2 heteroatoms. The highest BCUT2D eigenvalue weighted by atomic mass is 16.5. The molecule has 0 N–H and O–H groups in total. The van der Waals surface area contributed by atoms with Crippen molar-refractivity contribution in [2.45, 2.75) is 133 Å². The Hall–Kier alpha value is -0.790. The molecule has 0 aliphatic heterocycles. The quantitative estimate of drug-likeness (QED) is 0.286. The number of hydrogen-bond donors (Lipinski definition) is 0. The van der Waals surface area contributed by atoms with Gasteiger partial charge in [0.05, 0.1) is 0 Å². The maximum atomic E-state index is 11.8. The molecular weight excluding hydrogens is 416 g/mol. The van der Waals surface area contributed by atoms with E-state index in [-0.39, 0.29) is 17.5 Å². The lowest BCUT2D eigenvalue weighted by atomic mass is 9.41. The van der Waals surface area contributed by atoms with E-state index in [1.807, 2.05) is 5.57 Å². The van der Waals surface area contributed by atoms with Crippen LogP contribution in [0.2, 0.25) is 0 Å². The number of ether oxygens (including phenoxy) is 1. The van der Waals surface area contributed by atoms with E-state index in [0.717, 1.165) is 30.6 Å². The summed E-state index contributed by atoms with van der Waals surface area (Å²) in [7, 11) is 0. The van der Waals surface area contributed by atoms with Crippen LogP contribution in [0.4, 0.5) is 0 Å². The molecule has 4 aliphatic rings. The predicted molar refractivity (Wildman–Crippen MR) is 142 cm³/mol. The molecule has 2 nitrogen and oxygen atoms in total. The summed E-state index contributed by atoms with van der Waals surface area (Å²) in [6, 6.07) is 0. The van der Waals surface area contributed by atoms with Crippen LogP contribution in [0.5, 0.6) is 0 Å². The molecule has 0 amide bonds. The molecule has 0 aromatic carbocycles. The molecule has 0 saturated heterocycles. The highest BCUT2D eigenvalue weighted by molar-refractivity contribution is 5.66. The van der Waals surface area contributed by atoms with E-state index in [2.05, 4.69) is 61.5 Å². The minimum absolute atomic E-state index is 0.0332. The summed E-state index contributed by atoms with van der Waals surface area (Å²) in [4.78, 5) is 11.8. The van der Waals surface area contributed by atoms with E-state index < -0.39 is 0 Å². The van der Waals surface area contributed by atoms with Gasteiger partial charge in [0.1, 0.15) is 6.10 Å². The SMILES string of the molecule is CC(=O)O[C@H]1CC[C@]2(C)C3CC[C@]4(C)C([C@@H](C)CCCC(C)C)CC[C@@]4(C)C3=CCC2C1(C)C. The Morgan fingerprint density at radius 1 is 1.00 bits per heavy atom. The molecule has 3 unspecified atom stereocenters. The molecule has 34 heavy (non-hydrogen) atoms. The first-order valence-corrected chi connectivity index (χ1v) is 14.6. The highest BCUT2D eigenvalue weighted by Crippen LogP contribution is 2.73. The Morgan fingerprint density at radius 2 is 1.71 bits per heavy atom. The third-order valence-corrected chi connectivity index (χ3v) is 12.3. The van der Waals surface area contributed by atoms with Gasteiger partial charge in [-0.25, -0.2) is 0 Å². The summed E-state index contributed by atoms with van der Waals surface area (Å²) in [5, 5.41) is 0. The minimum atomic E-state index is -0.117. The first kappa shape index (κ1) is 26.3. The minimum Gasteiger partial charge on any atom is -0.462 e. The zero-order valence-corrected chi connectivity index (χ0v) is 23.9. The largest absolute Gasteiger partial charge is 0.462 e. The summed E-state index contributed by atoms with van der Waals surface area (Å²) in [6.07, 6.45) is 15.9. The first-order chi connectivity index (χ1) is 15.8. The van der Waals surface area contributed by atoms with Gasteiger partial charge in [-0.05, 0) is 90.8 Å². The van der Waals surface area contributed by atoms with Crippen molar-refractivity contribution in [3.05, 3.63) is 11.6 Å². The van der Waals surface area contributed by atoms with Crippen molar-refractivity contribution >= 4 is 5.97 Å². The summed E-state index contributed by atoms with van der Waals surface area (Å²) in [5.41, 5.74) is 3.00. The molecule has 0 radical (unpaired) electrons. The Bertz CT molecular complexity index is 808. The van der Waals surface area contributed by atoms with Crippen LogP contribution >= 0.6 is 0 Å². The van der Waals surface area contributed by atoms with Crippen LogP contribution in [0.1, 0.15) is 127 Å². The lowest BCUT2D eigenvalue weighted by Crippen LogP contribution is -2.58. The van der Waals surface area contributed by atoms with Gasteiger partial charge in [0, 0.05) is 12.3 Å². The lowest BCUT2D eigenvalue weighted by molar-refractivity contribution is -0.174. The maximum absolute atomic E-state index is 11.8. The van der Waals surface area contributed by atoms with Gasteiger partial charge < -0.3 is 4.74 Å². The number of esters is 1. The number of hydrogen-bond acceptors (Lipinski definition) is 2. The van der Waals surface area contributed by atoms with E-state index in [0.29, 0.717) is 28.1 Å². The fourth-order valence-electron chi connectivity index (χ4n) is 10.1. The predicted octanol–water partition coefficient (Wildman–Crippen LogP) is 8.99. The van der Waals surface area contributed by atoms with Crippen molar-refractivity contribution in [3.8, 4) is 0 Å². The molecule has 0 bridgehead atoms. The zero-order valence-electron chi connectivity index (χ0n) is 23.9. The normalized spacial score (nSPS) is 44.0. The third-order valence-electron chi connectivity index (χ3n) is 12.3. The number of fused-ring (bicyclic) bond motifs is 5. The van der Waals surface area contributed by atoms with Crippen LogP contribution < -0.4 is 0 Å². The van der Waals surface area contributed by atoms with Crippen LogP contribution in [0, 0.1) is 51.2 Å². The maximum Gasteiger partial charge on any atom is 0.302 e. The Kier molecular flexibility index (Phi) is 6.92. The number of allylic oxidation sites excluding steroid dienone is 2. The van der Waals surface area contributed by atoms with E-state index in [1.165, 1.54) is 51.4 Å². The van der Waals surface area contributed by atoms with Gasteiger partial charge in [-0.2, -0.15) is 0 Å². The van der Waals surface area contributed by atoms with Gasteiger partial charge in [0.15, 0.2) is 0 Å². The summed E-state index contributed by atoms with van der Waals surface area (Å²) in [5.74, 6) is 3.72. The van der Waals surface area contributed by atoms with Crippen LogP contribution in [-0.2, 0) is 9.53 Å². The smallest absolute Gasteiger partial charge is 0.302 e. The Balaban J connectivity index is 1.59. The van der Waals surface area contributed by atoms with Crippen molar-refractivity contribution in [3.63, 3.8) is 0 Å². The molecule has 0 aromatic rings. The monoisotopic (exact) mass is 470 g/mol. The molecule has 194 valence electrons. The average molecular weight is 471 g/mol. The molecule has 4 rings (SSSR count). The molecular formula is C32H54O2. The highest BCUT2D eigenvalue weighted by Gasteiger charge is 2.65. The number of carbonyl (C=O) groups is 1. The van der Waals surface area contributed by atoms with E-state index in [4.69, 9.17) is 4.74 Å². The van der Waals surface area contributed by atoms with Gasteiger partial charge >= 0.3 is 5.97 Å². The van der Waals surface area contributed by atoms with E-state index in [9.17, 15) is 4.79 Å². The van der Waals surface area contributed by atoms with Gasteiger partial charge in [-0.15, -0.1) is 0 Å². The van der Waals surface area contributed by atoms with Crippen molar-refractivity contribution in [2.75, 3.05) is 0 Å². The standard InChI is InChI=1S/C32H54O2/c1-21(2)11-10-12-22(3)24-15-19-32(9)26-13-14-27-29(5,6)28(34-23(4)33)17-18-30(27,7)25(26)16-20-31(24,32)8/h13,21-22,24-25,27-28H,10-12,14-20H2,1-9H3/t22-,24?,25?,27?,28-,30+,31+,32-/m0/s1. The van der Waals surface area contributed by atoms with Crippen LogP contribution in [0.3, 0.4) is 0 Å². The van der Waals surface area contributed by atoms with Crippen LogP contribution in [0.25, 0.3) is 0 Å². The van der Waals surface area contributed by atoms with Gasteiger partial charge in [-0.1, -0.05) is 86.3 Å². The number of rotatable bonds is 6. The van der Waals surface area contributed by atoms with Gasteiger partial charge in [0.25, 0.3) is 0 Å². The number of carbonyl (C=O) groups excluding carboxylic acids is 1. The zero-order chi connectivity index (χ0) is 25.1.